The van der Waals surface area contributed by atoms with Gasteiger partial charge < -0.3 is 10.4 Å². The summed E-state index contributed by atoms with van der Waals surface area (Å²) < 4.78 is 0. The normalized spacial score (nSPS) is 10.4. The van der Waals surface area contributed by atoms with Gasteiger partial charge in [-0.15, -0.1) is 0 Å². The van der Waals surface area contributed by atoms with Crippen LogP contribution < -0.4 is 5.32 Å². The molecule has 0 aliphatic carbocycles. The second kappa shape index (κ2) is 8.56. The van der Waals surface area contributed by atoms with E-state index in [1.54, 1.807) is 36.4 Å². The summed E-state index contributed by atoms with van der Waals surface area (Å²) in [6, 6.07) is 21.7. The summed E-state index contributed by atoms with van der Waals surface area (Å²) >= 11 is 1.44. The van der Waals surface area contributed by atoms with Gasteiger partial charge in [0, 0.05) is 15.4 Å². The first-order chi connectivity index (χ1) is 13.1. The smallest absolute Gasteiger partial charge is 0.257 e. The number of amidine groups is 1. The number of rotatable bonds is 5. The first kappa shape index (κ1) is 18.7. The van der Waals surface area contributed by atoms with Crippen LogP contribution in [0.1, 0.15) is 28.4 Å². The van der Waals surface area contributed by atoms with Gasteiger partial charge in [0.1, 0.15) is 11.6 Å². The number of aromatic hydroxyl groups is 1. The van der Waals surface area contributed by atoms with Crippen molar-refractivity contribution in [3.63, 3.8) is 0 Å². The molecule has 0 fully saturated rings. The van der Waals surface area contributed by atoms with Crippen molar-refractivity contribution in [1.82, 2.24) is 5.32 Å². The maximum absolute atomic E-state index is 12.8. The van der Waals surface area contributed by atoms with Crippen molar-refractivity contribution in [3.05, 3.63) is 89.5 Å². The number of hydrogen-bond acceptors (Lipinski definition) is 4. The number of carbonyl (C=O) groups excluding carboxylic acids is 1. The van der Waals surface area contributed by atoms with Gasteiger partial charge in [0.15, 0.2) is 0 Å². The van der Waals surface area contributed by atoms with Crippen LogP contribution in [0.25, 0.3) is 0 Å². The van der Waals surface area contributed by atoms with E-state index in [0.717, 1.165) is 27.3 Å². The van der Waals surface area contributed by atoms with Crippen molar-refractivity contribution in [2.45, 2.75) is 23.1 Å². The van der Waals surface area contributed by atoms with Gasteiger partial charge in [-0.1, -0.05) is 55.1 Å². The van der Waals surface area contributed by atoms with Gasteiger partial charge in [-0.2, -0.15) is 0 Å². The number of benzene rings is 3. The second-order valence-electron chi connectivity index (χ2n) is 5.93. The molecule has 0 spiro atoms. The van der Waals surface area contributed by atoms with Crippen LogP contribution in [0.4, 0.5) is 0 Å². The van der Waals surface area contributed by atoms with Crippen LogP contribution in [0, 0.1) is 5.41 Å². The van der Waals surface area contributed by atoms with Gasteiger partial charge >= 0.3 is 0 Å². The highest BCUT2D eigenvalue weighted by molar-refractivity contribution is 7.99. The quantitative estimate of drug-likeness (QED) is 0.440. The summed E-state index contributed by atoms with van der Waals surface area (Å²) in [5.41, 5.74) is 2.26. The zero-order chi connectivity index (χ0) is 19.2. The van der Waals surface area contributed by atoms with Crippen LogP contribution in [0.2, 0.25) is 0 Å². The average molecular weight is 376 g/mol. The third kappa shape index (κ3) is 4.57. The number of phenolic OH excluding ortho intramolecular Hbond substituents is 1. The van der Waals surface area contributed by atoms with Gasteiger partial charge in [0.05, 0.1) is 5.56 Å². The lowest BCUT2D eigenvalue weighted by molar-refractivity contribution is 0.0974. The van der Waals surface area contributed by atoms with Gasteiger partial charge in [0.2, 0.25) is 0 Å². The van der Waals surface area contributed by atoms with E-state index in [4.69, 9.17) is 5.41 Å². The predicted molar refractivity (Wildman–Crippen MR) is 109 cm³/mol. The van der Waals surface area contributed by atoms with Crippen LogP contribution in [0.15, 0.2) is 82.6 Å². The first-order valence-electron chi connectivity index (χ1n) is 8.62. The van der Waals surface area contributed by atoms with E-state index < -0.39 is 0 Å². The first-order valence-corrected chi connectivity index (χ1v) is 9.44. The van der Waals surface area contributed by atoms with E-state index in [0.29, 0.717) is 5.56 Å². The Kier molecular flexibility index (Phi) is 5.94. The fourth-order valence-electron chi connectivity index (χ4n) is 2.71. The third-order valence-electron chi connectivity index (χ3n) is 4.10. The van der Waals surface area contributed by atoms with Crippen LogP contribution in [-0.4, -0.2) is 16.8 Å². The maximum Gasteiger partial charge on any atom is 0.257 e. The van der Waals surface area contributed by atoms with Crippen molar-refractivity contribution < 1.29 is 9.90 Å². The molecule has 0 heterocycles. The van der Waals surface area contributed by atoms with E-state index in [1.165, 1.54) is 11.8 Å². The number of phenols is 1. The van der Waals surface area contributed by atoms with E-state index in [1.807, 2.05) is 43.3 Å². The molecule has 5 heteroatoms. The molecule has 27 heavy (non-hydrogen) atoms. The fourth-order valence-corrected chi connectivity index (χ4v) is 3.65. The van der Waals surface area contributed by atoms with Gasteiger partial charge in [0.25, 0.3) is 5.91 Å². The van der Waals surface area contributed by atoms with E-state index in [-0.39, 0.29) is 17.5 Å². The molecule has 4 nitrogen and oxygen atoms in total. The van der Waals surface area contributed by atoms with Crippen molar-refractivity contribution in [2.75, 3.05) is 0 Å². The number of hydrogen-bond donors (Lipinski definition) is 3. The predicted octanol–water partition coefficient (Wildman–Crippen LogP) is 4.86. The molecule has 0 saturated carbocycles. The lowest BCUT2D eigenvalue weighted by Crippen LogP contribution is -2.31. The molecule has 3 aromatic carbocycles. The summed E-state index contributed by atoms with van der Waals surface area (Å²) in [7, 11) is 0. The molecule has 3 aromatic rings. The van der Waals surface area contributed by atoms with Crippen molar-refractivity contribution in [3.8, 4) is 5.75 Å². The summed E-state index contributed by atoms with van der Waals surface area (Å²) in [4.78, 5) is 14.5. The Morgan fingerprint density at radius 1 is 0.963 bits per heavy atom. The zero-order valence-electron chi connectivity index (χ0n) is 14.9. The SMILES string of the molecule is CCc1ccccc1C(=N)NC(=O)c1ccccc1Sc1ccc(O)cc1. The molecule has 0 saturated heterocycles. The number of carbonyl (C=O) groups is 1. The highest BCUT2D eigenvalue weighted by Gasteiger charge is 2.15. The molecule has 3 rings (SSSR count). The summed E-state index contributed by atoms with van der Waals surface area (Å²) in [5, 5.41) is 20.4. The summed E-state index contributed by atoms with van der Waals surface area (Å²) in [6.45, 7) is 2.03. The number of amides is 1. The minimum atomic E-state index is -0.312. The van der Waals surface area contributed by atoms with Gasteiger partial charge in [-0.25, -0.2) is 0 Å². The molecule has 3 N–H and O–H groups in total. The molecular weight excluding hydrogens is 356 g/mol. The molecule has 0 aromatic heterocycles. The lowest BCUT2D eigenvalue weighted by atomic mass is 10.0. The lowest BCUT2D eigenvalue weighted by Gasteiger charge is -2.13. The van der Waals surface area contributed by atoms with E-state index >= 15 is 0 Å². The Hall–Kier alpha value is -3.05. The molecular formula is C22H20N2O2S. The molecule has 1 amide bonds. The largest absolute Gasteiger partial charge is 0.508 e. The Morgan fingerprint density at radius 2 is 1.59 bits per heavy atom. The number of aryl methyl sites for hydroxylation is 1. The minimum Gasteiger partial charge on any atom is -0.508 e. The maximum atomic E-state index is 12.8. The molecule has 0 radical (unpaired) electrons. The van der Waals surface area contributed by atoms with E-state index in [9.17, 15) is 9.90 Å². The molecule has 136 valence electrons. The zero-order valence-corrected chi connectivity index (χ0v) is 15.7. The van der Waals surface area contributed by atoms with Crippen LogP contribution in [0.5, 0.6) is 5.75 Å². The second-order valence-corrected chi connectivity index (χ2v) is 7.05. The fraction of sp³-hybridized carbons (Fsp3) is 0.0909. The Bertz CT molecular complexity index is 968. The molecule has 0 bridgehead atoms. The standard InChI is InChI=1S/C22H20N2O2S/c1-2-15-7-3-4-8-18(15)21(23)24-22(26)19-9-5-6-10-20(19)27-17-13-11-16(25)12-14-17/h3-14,25H,2H2,1H3,(H2,23,24,26). The Balaban J connectivity index is 1.81. The topological polar surface area (TPSA) is 73.2 Å². The van der Waals surface area contributed by atoms with E-state index in [2.05, 4.69) is 5.32 Å². The van der Waals surface area contributed by atoms with Crippen LogP contribution in [0.3, 0.4) is 0 Å². The molecule has 0 unspecified atom stereocenters. The Morgan fingerprint density at radius 3 is 2.30 bits per heavy atom. The summed E-state index contributed by atoms with van der Waals surface area (Å²) in [5.74, 6) is -0.0110. The third-order valence-corrected chi connectivity index (χ3v) is 5.19. The van der Waals surface area contributed by atoms with Crippen molar-refractivity contribution >= 4 is 23.5 Å². The highest BCUT2D eigenvalue weighted by Crippen LogP contribution is 2.31. The van der Waals surface area contributed by atoms with Crippen molar-refractivity contribution in [1.29, 1.82) is 5.41 Å². The van der Waals surface area contributed by atoms with Crippen LogP contribution in [-0.2, 0) is 6.42 Å². The van der Waals surface area contributed by atoms with Gasteiger partial charge in [-0.3, -0.25) is 10.2 Å². The minimum absolute atomic E-state index is 0.0990. The number of nitrogens with one attached hydrogen (secondary N) is 2. The Labute approximate surface area is 162 Å². The average Bonchev–Trinajstić information content (AvgIpc) is 2.70. The van der Waals surface area contributed by atoms with Gasteiger partial charge in [-0.05, 0) is 48.4 Å². The monoisotopic (exact) mass is 376 g/mol. The molecule has 0 aliphatic heterocycles. The molecule has 0 aliphatic rings. The highest BCUT2D eigenvalue weighted by atomic mass is 32.2. The van der Waals surface area contributed by atoms with Crippen molar-refractivity contribution in [2.24, 2.45) is 0 Å². The summed E-state index contributed by atoms with van der Waals surface area (Å²) in [6.07, 6.45) is 0.793. The molecule has 0 atom stereocenters. The van der Waals surface area contributed by atoms with Crippen LogP contribution >= 0.6 is 11.8 Å².